The molecule has 0 amide bonds. The molecule has 1 aromatic carbocycles. The van der Waals surface area contributed by atoms with Crippen LogP contribution in [0.25, 0.3) is 5.57 Å². The van der Waals surface area contributed by atoms with Crippen LogP contribution in [-0.4, -0.2) is 34.7 Å². The highest BCUT2D eigenvalue weighted by molar-refractivity contribution is 7.15. The molecule has 2 heterocycles. The first-order chi connectivity index (χ1) is 10.2. The third-order valence-corrected chi connectivity index (χ3v) is 4.78. The fourth-order valence-corrected chi connectivity index (χ4v) is 3.36. The standard InChI is InChI=1S/C15H17ClN4S/c16-13-4-2-1-3-12(13)11-5-8-20(9-6-11)10-7-14-18-19-15(17)21-14/h1-5H,6-10H2,(H2,17,19). The van der Waals surface area contributed by atoms with Crippen LogP contribution >= 0.6 is 22.9 Å². The van der Waals surface area contributed by atoms with Gasteiger partial charge in [-0.15, -0.1) is 10.2 Å². The Bertz CT molecular complexity index is 653. The Morgan fingerprint density at radius 2 is 2.14 bits per heavy atom. The van der Waals surface area contributed by atoms with Gasteiger partial charge in [-0.25, -0.2) is 0 Å². The number of anilines is 1. The van der Waals surface area contributed by atoms with Gasteiger partial charge in [0.25, 0.3) is 0 Å². The summed E-state index contributed by atoms with van der Waals surface area (Å²) in [4.78, 5) is 2.41. The summed E-state index contributed by atoms with van der Waals surface area (Å²) in [6.07, 6.45) is 4.21. The molecule has 0 saturated carbocycles. The number of hydrogen-bond acceptors (Lipinski definition) is 5. The molecule has 2 aromatic rings. The van der Waals surface area contributed by atoms with Gasteiger partial charge in [-0.2, -0.15) is 0 Å². The van der Waals surface area contributed by atoms with E-state index in [0.717, 1.165) is 48.1 Å². The zero-order valence-corrected chi connectivity index (χ0v) is 13.2. The number of rotatable bonds is 4. The maximum absolute atomic E-state index is 6.26. The fraction of sp³-hybridized carbons (Fsp3) is 0.333. The topological polar surface area (TPSA) is 55.0 Å². The summed E-state index contributed by atoms with van der Waals surface area (Å²) in [5, 5.41) is 10.3. The average Bonchev–Trinajstić information content (AvgIpc) is 2.92. The molecular formula is C15H17ClN4S. The van der Waals surface area contributed by atoms with Crippen molar-refractivity contribution in [3.63, 3.8) is 0 Å². The highest BCUT2D eigenvalue weighted by atomic mass is 35.5. The summed E-state index contributed by atoms with van der Waals surface area (Å²) in [6.45, 7) is 2.99. The van der Waals surface area contributed by atoms with Crippen molar-refractivity contribution < 1.29 is 0 Å². The number of nitrogens with two attached hydrogens (primary N) is 1. The van der Waals surface area contributed by atoms with Crippen LogP contribution in [0.1, 0.15) is 17.0 Å². The van der Waals surface area contributed by atoms with Crippen LogP contribution in [0, 0.1) is 0 Å². The van der Waals surface area contributed by atoms with Crippen LogP contribution in [0.4, 0.5) is 5.13 Å². The van der Waals surface area contributed by atoms with Gasteiger partial charge in [0.15, 0.2) is 0 Å². The van der Waals surface area contributed by atoms with Crippen molar-refractivity contribution in [1.82, 2.24) is 15.1 Å². The van der Waals surface area contributed by atoms with Gasteiger partial charge >= 0.3 is 0 Å². The van der Waals surface area contributed by atoms with Crippen molar-refractivity contribution in [2.24, 2.45) is 0 Å². The van der Waals surface area contributed by atoms with Crippen LogP contribution in [0.2, 0.25) is 5.02 Å². The molecule has 6 heteroatoms. The summed E-state index contributed by atoms with van der Waals surface area (Å²) >= 11 is 7.73. The van der Waals surface area contributed by atoms with E-state index in [-0.39, 0.29) is 0 Å². The third-order valence-electron chi connectivity index (χ3n) is 3.64. The molecule has 0 radical (unpaired) electrons. The first-order valence-electron chi connectivity index (χ1n) is 6.96. The molecule has 21 heavy (non-hydrogen) atoms. The van der Waals surface area contributed by atoms with Crippen molar-refractivity contribution in [3.8, 4) is 0 Å². The van der Waals surface area contributed by atoms with E-state index < -0.39 is 0 Å². The minimum atomic E-state index is 0.546. The Kier molecular flexibility index (Phi) is 4.53. The molecular weight excluding hydrogens is 304 g/mol. The maximum Gasteiger partial charge on any atom is 0.203 e. The van der Waals surface area contributed by atoms with Crippen molar-refractivity contribution in [1.29, 1.82) is 0 Å². The number of hydrogen-bond donors (Lipinski definition) is 1. The lowest BCUT2D eigenvalue weighted by molar-refractivity contribution is 0.305. The Morgan fingerprint density at radius 1 is 1.29 bits per heavy atom. The monoisotopic (exact) mass is 320 g/mol. The normalized spacial score (nSPS) is 16.0. The van der Waals surface area contributed by atoms with E-state index in [1.165, 1.54) is 16.9 Å². The molecule has 0 spiro atoms. The van der Waals surface area contributed by atoms with Crippen molar-refractivity contribution >= 4 is 33.6 Å². The van der Waals surface area contributed by atoms with Crippen molar-refractivity contribution in [2.75, 3.05) is 25.4 Å². The van der Waals surface area contributed by atoms with E-state index in [2.05, 4.69) is 27.2 Å². The van der Waals surface area contributed by atoms with Crippen LogP contribution < -0.4 is 5.73 Å². The minimum Gasteiger partial charge on any atom is -0.374 e. The highest BCUT2D eigenvalue weighted by Gasteiger charge is 2.15. The zero-order valence-electron chi connectivity index (χ0n) is 11.6. The van der Waals surface area contributed by atoms with Gasteiger partial charge in [-0.05, 0) is 23.6 Å². The second-order valence-corrected chi connectivity index (χ2v) is 6.54. The summed E-state index contributed by atoms with van der Waals surface area (Å²) in [5.74, 6) is 0. The molecule has 1 aliphatic rings. The smallest absolute Gasteiger partial charge is 0.203 e. The van der Waals surface area contributed by atoms with Crippen LogP contribution in [0.3, 0.4) is 0 Å². The van der Waals surface area contributed by atoms with Crippen molar-refractivity contribution in [3.05, 3.63) is 45.9 Å². The molecule has 0 bridgehead atoms. The highest BCUT2D eigenvalue weighted by Crippen LogP contribution is 2.28. The number of nitrogens with zero attached hydrogens (tertiary/aromatic N) is 3. The summed E-state index contributed by atoms with van der Waals surface area (Å²) in [7, 11) is 0. The molecule has 0 saturated heterocycles. The molecule has 1 aromatic heterocycles. The number of aromatic nitrogens is 2. The third kappa shape index (κ3) is 3.61. The second kappa shape index (κ2) is 6.56. The Balaban J connectivity index is 1.58. The molecule has 0 aliphatic carbocycles. The van der Waals surface area contributed by atoms with E-state index in [1.54, 1.807) is 0 Å². The van der Waals surface area contributed by atoms with E-state index in [1.807, 2.05) is 18.2 Å². The maximum atomic E-state index is 6.26. The van der Waals surface area contributed by atoms with Crippen LogP contribution in [-0.2, 0) is 6.42 Å². The molecule has 0 atom stereocenters. The zero-order chi connectivity index (χ0) is 14.7. The summed E-state index contributed by atoms with van der Waals surface area (Å²) in [6, 6.07) is 8.04. The first-order valence-corrected chi connectivity index (χ1v) is 8.16. The minimum absolute atomic E-state index is 0.546. The van der Waals surface area contributed by atoms with Crippen LogP contribution in [0.15, 0.2) is 30.3 Å². The van der Waals surface area contributed by atoms with E-state index in [0.29, 0.717) is 5.13 Å². The van der Waals surface area contributed by atoms with Crippen molar-refractivity contribution in [2.45, 2.75) is 12.8 Å². The molecule has 2 N–H and O–H groups in total. The summed E-state index contributed by atoms with van der Waals surface area (Å²) in [5.41, 5.74) is 8.10. The predicted octanol–water partition coefficient (Wildman–Crippen LogP) is 3.11. The Labute approximate surface area is 133 Å². The lowest BCUT2D eigenvalue weighted by Crippen LogP contribution is -2.30. The van der Waals surface area contributed by atoms with Gasteiger partial charge in [-0.1, -0.05) is 47.2 Å². The SMILES string of the molecule is Nc1nnc(CCN2CC=C(c3ccccc3Cl)CC2)s1. The molecule has 4 nitrogen and oxygen atoms in total. The second-order valence-electron chi connectivity index (χ2n) is 5.04. The lowest BCUT2D eigenvalue weighted by Gasteiger charge is -2.26. The molecule has 110 valence electrons. The van der Waals surface area contributed by atoms with Crippen LogP contribution in [0.5, 0.6) is 0 Å². The lowest BCUT2D eigenvalue weighted by atomic mass is 9.99. The Morgan fingerprint density at radius 3 is 2.81 bits per heavy atom. The van der Waals surface area contributed by atoms with Gasteiger partial charge in [0.2, 0.25) is 5.13 Å². The van der Waals surface area contributed by atoms with E-state index >= 15 is 0 Å². The first kappa shape index (κ1) is 14.5. The van der Waals surface area contributed by atoms with E-state index in [4.69, 9.17) is 17.3 Å². The number of halogens is 1. The fourth-order valence-electron chi connectivity index (χ4n) is 2.50. The van der Waals surface area contributed by atoms with Gasteiger partial charge in [-0.3, -0.25) is 4.90 Å². The van der Waals surface area contributed by atoms with Gasteiger partial charge < -0.3 is 5.73 Å². The largest absolute Gasteiger partial charge is 0.374 e. The van der Waals surface area contributed by atoms with Gasteiger partial charge in [0, 0.05) is 31.1 Å². The van der Waals surface area contributed by atoms with Gasteiger partial charge in [0.1, 0.15) is 5.01 Å². The van der Waals surface area contributed by atoms with Gasteiger partial charge in [0.05, 0.1) is 0 Å². The molecule has 0 unspecified atom stereocenters. The number of nitrogen functional groups attached to an aromatic ring is 1. The molecule has 3 rings (SSSR count). The predicted molar refractivity (Wildman–Crippen MR) is 88.5 cm³/mol. The molecule has 1 aliphatic heterocycles. The summed E-state index contributed by atoms with van der Waals surface area (Å²) < 4.78 is 0. The number of benzene rings is 1. The average molecular weight is 321 g/mol. The molecule has 0 fully saturated rings. The quantitative estimate of drug-likeness (QED) is 0.940. The van der Waals surface area contributed by atoms with E-state index in [9.17, 15) is 0 Å². The Hall–Kier alpha value is -1.43.